The van der Waals surface area contributed by atoms with Gasteiger partial charge in [0, 0.05) is 17.0 Å². The summed E-state index contributed by atoms with van der Waals surface area (Å²) in [6.45, 7) is 1.75. The maximum atomic E-state index is 12.5. The SMILES string of the molecule is CCc1c(O)cc(O)c(C(=O)c2ccsc2)c1CC(=O)O. The number of carbonyl (C=O) groups excluding carboxylic acids is 1. The minimum Gasteiger partial charge on any atom is -0.508 e. The summed E-state index contributed by atoms with van der Waals surface area (Å²) in [7, 11) is 0. The Morgan fingerprint density at radius 3 is 2.43 bits per heavy atom. The fraction of sp³-hybridized carbons (Fsp3) is 0.200. The summed E-state index contributed by atoms with van der Waals surface area (Å²) < 4.78 is 0. The van der Waals surface area contributed by atoms with Crippen LogP contribution >= 0.6 is 11.3 Å². The molecule has 2 aromatic rings. The second kappa shape index (κ2) is 5.97. The summed E-state index contributed by atoms with van der Waals surface area (Å²) >= 11 is 1.33. The monoisotopic (exact) mass is 306 g/mol. The van der Waals surface area contributed by atoms with Crippen molar-refractivity contribution >= 4 is 23.1 Å². The smallest absolute Gasteiger partial charge is 0.307 e. The lowest BCUT2D eigenvalue weighted by molar-refractivity contribution is -0.136. The van der Waals surface area contributed by atoms with E-state index in [-0.39, 0.29) is 16.9 Å². The number of aromatic hydroxyl groups is 2. The highest BCUT2D eigenvalue weighted by Crippen LogP contribution is 2.35. The summed E-state index contributed by atoms with van der Waals surface area (Å²) in [4.78, 5) is 23.5. The van der Waals surface area contributed by atoms with Crippen molar-refractivity contribution in [1.29, 1.82) is 0 Å². The molecule has 0 amide bonds. The number of phenolic OH excluding ortho intramolecular Hbond substituents is 2. The third-order valence-corrected chi connectivity index (χ3v) is 3.88. The number of benzene rings is 1. The Morgan fingerprint density at radius 2 is 1.90 bits per heavy atom. The number of ketones is 1. The van der Waals surface area contributed by atoms with Gasteiger partial charge < -0.3 is 15.3 Å². The molecule has 0 spiro atoms. The van der Waals surface area contributed by atoms with Gasteiger partial charge in [-0.2, -0.15) is 11.3 Å². The number of aliphatic carboxylic acids is 1. The van der Waals surface area contributed by atoms with E-state index in [2.05, 4.69) is 0 Å². The van der Waals surface area contributed by atoms with Gasteiger partial charge in [0.1, 0.15) is 11.5 Å². The van der Waals surface area contributed by atoms with Crippen LogP contribution in [-0.2, 0) is 17.6 Å². The Morgan fingerprint density at radius 1 is 1.19 bits per heavy atom. The summed E-state index contributed by atoms with van der Waals surface area (Å²) in [5.41, 5.74) is 0.868. The maximum Gasteiger partial charge on any atom is 0.307 e. The molecule has 110 valence electrons. The van der Waals surface area contributed by atoms with Gasteiger partial charge in [-0.15, -0.1) is 0 Å². The lowest BCUT2D eigenvalue weighted by Gasteiger charge is -2.15. The van der Waals surface area contributed by atoms with E-state index in [1.54, 1.807) is 23.8 Å². The summed E-state index contributed by atoms with van der Waals surface area (Å²) in [6, 6.07) is 2.69. The van der Waals surface area contributed by atoms with Crippen molar-refractivity contribution in [3.8, 4) is 11.5 Å². The molecule has 0 aliphatic rings. The zero-order valence-corrected chi connectivity index (χ0v) is 12.1. The molecule has 0 atom stereocenters. The van der Waals surface area contributed by atoms with Gasteiger partial charge in [-0.05, 0) is 29.0 Å². The molecule has 21 heavy (non-hydrogen) atoms. The third kappa shape index (κ3) is 2.90. The van der Waals surface area contributed by atoms with Gasteiger partial charge in [0.05, 0.1) is 12.0 Å². The zero-order valence-electron chi connectivity index (χ0n) is 11.3. The second-order valence-electron chi connectivity index (χ2n) is 4.51. The number of rotatable bonds is 5. The third-order valence-electron chi connectivity index (χ3n) is 3.20. The number of phenols is 2. The Bertz CT molecular complexity index is 689. The quantitative estimate of drug-likeness (QED) is 0.738. The number of hydrogen-bond acceptors (Lipinski definition) is 5. The van der Waals surface area contributed by atoms with Gasteiger partial charge in [0.15, 0.2) is 5.78 Å². The molecular weight excluding hydrogens is 292 g/mol. The van der Waals surface area contributed by atoms with Crippen LogP contribution in [0.15, 0.2) is 22.9 Å². The Kier molecular flexibility index (Phi) is 4.28. The summed E-state index contributed by atoms with van der Waals surface area (Å²) in [5, 5.41) is 32.3. The molecule has 0 aliphatic carbocycles. The van der Waals surface area contributed by atoms with Crippen LogP contribution in [0.2, 0.25) is 0 Å². The van der Waals surface area contributed by atoms with Gasteiger partial charge in [0.25, 0.3) is 0 Å². The van der Waals surface area contributed by atoms with Crippen molar-refractivity contribution in [2.24, 2.45) is 0 Å². The first-order chi connectivity index (χ1) is 9.95. The normalized spacial score (nSPS) is 10.5. The number of thiophene rings is 1. The molecule has 1 aromatic heterocycles. The average Bonchev–Trinajstić information content (AvgIpc) is 2.91. The molecule has 1 heterocycles. The van der Waals surface area contributed by atoms with Crippen molar-refractivity contribution in [1.82, 2.24) is 0 Å². The van der Waals surface area contributed by atoms with Gasteiger partial charge in [-0.25, -0.2) is 0 Å². The van der Waals surface area contributed by atoms with Crippen LogP contribution in [0.5, 0.6) is 11.5 Å². The molecule has 0 radical (unpaired) electrons. The molecule has 6 heteroatoms. The van der Waals surface area contributed by atoms with Gasteiger partial charge in [0.2, 0.25) is 0 Å². The fourth-order valence-corrected chi connectivity index (χ4v) is 2.92. The molecule has 0 bridgehead atoms. The van der Waals surface area contributed by atoms with Crippen LogP contribution in [-0.4, -0.2) is 27.1 Å². The second-order valence-corrected chi connectivity index (χ2v) is 5.29. The first kappa shape index (κ1) is 15.1. The Balaban J connectivity index is 2.68. The highest BCUT2D eigenvalue weighted by Gasteiger charge is 2.24. The van der Waals surface area contributed by atoms with Crippen LogP contribution in [0.1, 0.15) is 34.0 Å². The minimum atomic E-state index is -1.13. The predicted octanol–water partition coefficient (Wildman–Crippen LogP) is 2.58. The molecule has 0 aliphatic heterocycles. The number of carbonyl (C=O) groups is 2. The van der Waals surface area contributed by atoms with Crippen LogP contribution in [0, 0.1) is 0 Å². The fourth-order valence-electron chi connectivity index (χ4n) is 2.28. The highest BCUT2D eigenvalue weighted by atomic mass is 32.1. The average molecular weight is 306 g/mol. The highest BCUT2D eigenvalue weighted by molar-refractivity contribution is 7.08. The first-order valence-corrected chi connectivity index (χ1v) is 7.25. The van der Waals surface area contributed by atoms with E-state index in [1.807, 2.05) is 0 Å². The molecule has 0 saturated carbocycles. The largest absolute Gasteiger partial charge is 0.508 e. The van der Waals surface area contributed by atoms with E-state index < -0.39 is 23.9 Å². The predicted molar refractivity (Wildman–Crippen MR) is 78.2 cm³/mol. The number of carboxylic acids is 1. The van der Waals surface area contributed by atoms with Crippen molar-refractivity contribution in [2.75, 3.05) is 0 Å². The van der Waals surface area contributed by atoms with E-state index in [0.717, 1.165) is 6.07 Å². The summed E-state index contributed by atoms with van der Waals surface area (Å²) in [5.74, 6) is -2.18. The van der Waals surface area contributed by atoms with Crippen molar-refractivity contribution < 1.29 is 24.9 Å². The Hall–Kier alpha value is -2.34. The Labute approximate surface area is 125 Å². The summed E-state index contributed by atoms with van der Waals surface area (Å²) in [6.07, 6.45) is -0.0744. The van der Waals surface area contributed by atoms with Crippen LogP contribution in [0.3, 0.4) is 0 Å². The molecule has 3 N–H and O–H groups in total. The molecular formula is C15H14O5S. The van der Waals surface area contributed by atoms with Gasteiger partial charge in [-0.1, -0.05) is 6.92 Å². The molecule has 0 fully saturated rings. The van der Waals surface area contributed by atoms with Crippen molar-refractivity contribution in [3.05, 3.63) is 45.1 Å². The number of hydrogen-bond donors (Lipinski definition) is 3. The lowest BCUT2D eigenvalue weighted by atomic mass is 9.91. The van der Waals surface area contributed by atoms with E-state index in [4.69, 9.17) is 5.11 Å². The van der Waals surface area contributed by atoms with E-state index in [9.17, 15) is 19.8 Å². The maximum absolute atomic E-state index is 12.5. The van der Waals surface area contributed by atoms with E-state index >= 15 is 0 Å². The molecule has 0 unspecified atom stereocenters. The van der Waals surface area contributed by atoms with Crippen molar-refractivity contribution in [2.45, 2.75) is 19.8 Å². The van der Waals surface area contributed by atoms with Crippen molar-refractivity contribution in [3.63, 3.8) is 0 Å². The van der Waals surface area contributed by atoms with Crippen LogP contribution in [0.25, 0.3) is 0 Å². The van der Waals surface area contributed by atoms with Gasteiger partial charge in [-0.3, -0.25) is 9.59 Å². The standard InChI is InChI=1S/C15H14O5S/c1-2-9-10(5-13(18)19)14(12(17)6-11(9)16)15(20)8-3-4-21-7-8/h3-4,6-7,16-17H,2,5H2,1H3,(H,18,19). The van der Waals surface area contributed by atoms with Gasteiger partial charge >= 0.3 is 5.97 Å². The zero-order chi connectivity index (χ0) is 15.6. The van der Waals surface area contributed by atoms with Crippen LogP contribution in [0.4, 0.5) is 0 Å². The topological polar surface area (TPSA) is 94.8 Å². The molecule has 0 saturated heterocycles. The van der Waals surface area contributed by atoms with Crippen LogP contribution < -0.4 is 0 Å². The first-order valence-electron chi connectivity index (χ1n) is 6.31. The number of carboxylic acid groups (broad SMARTS) is 1. The molecule has 2 rings (SSSR count). The molecule has 5 nitrogen and oxygen atoms in total. The van der Waals surface area contributed by atoms with E-state index in [0.29, 0.717) is 17.5 Å². The lowest BCUT2D eigenvalue weighted by Crippen LogP contribution is -2.12. The molecule has 1 aromatic carbocycles. The van der Waals surface area contributed by atoms with E-state index in [1.165, 1.54) is 11.3 Å². The minimum absolute atomic E-state index is 0.0505.